The van der Waals surface area contributed by atoms with Crippen LogP contribution in [0.5, 0.6) is 0 Å². The molecule has 6 rings (SSSR count). The van der Waals surface area contributed by atoms with Crippen LogP contribution in [0.3, 0.4) is 0 Å². The Balaban J connectivity index is 1.41. The van der Waals surface area contributed by atoms with Crippen LogP contribution in [-0.2, 0) is 14.4 Å². The number of carbonyl (C=O) groups is 3. The molecule has 1 N–H and O–H groups in total. The molecule has 0 unspecified atom stereocenters. The molecule has 3 amide bonds. The minimum Gasteiger partial charge on any atom is -0.351 e. The molecule has 3 aliphatic heterocycles. The average molecular weight is 515 g/mol. The first kappa shape index (κ1) is 22.9. The third-order valence-corrected chi connectivity index (χ3v) is 7.33. The van der Waals surface area contributed by atoms with Gasteiger partial charge in [-0.05, 0) is 42.0 Å². The molecule has 0 bridgehead atoms. The topological polar surface area (TPSA) is 113 Å². The fourth-order valence-corrected chi connectivity index (χ4v) is 5.75. The normalized spacial score (nSPS) is 23.5. The summed E-state index contributed by atoms with van der Waals surface area (Å²) in [5.41, 5.74) is 2.22. The van der Waals surface area contributed by atoms with Gasteiger partial charge in [-0.15, -0.1) is 0 Å². The minimum absolute atomic E-state index is 0.109. The fourth-order valence-electron chi connectivity index (χ4n) is 5.57. The number of hydrogen-bond acceptors (Lipinski definition) is 6. The molecule has 3 aromatic carbocycles. The zero-order valence-corrected chi connectivity index (χ0v) is 19.9. The number of hydrogen-bond donors (Lipinski definition) is 1. The molecule has 3 aromatic rings. The van der Waals surface area contributed by atoms with E-state index in [1.165, 1.54) is 24.3 Å². The SMILES string of the molecule is O=C(Nc1ccc([N+](=O)[O-])cc1)[C@H]1[C@H]2C(=O)N(c3cccc(Cl)c3)C(=O)[C@H]2[C@@H]2C=Cc3ccccc3N21. The molecule has 3 heterocycles. The molecule has 0 spiro atoms. The van der Waals surface area contributed by atoms with Crippen LogP contribution in [0.4, 0.5) is 22.7 Å². The zero-order chi connectivity index (χ0) is 25.8. The Bertz CT molecular complexity index is 1500. The van der Waals surface area contributed by atoms with Crippen LogP contribution in [-0.4, -0.2) is 34.7 Å². The number of para-hydroxylation sites is 1. The highest BCUT2D eigenvalue weighted by molar-refractivity contribution is 6.31. The molecule has 2 saturated heterocycles. The van der Waals surface area contributed by atoms with Crippen LogP contribution >= 0.6 is 11.6 Å². The van der Waals surface area contributed by atoms with E-state index < -0.39 is 40.7 Å². The molecule has 10 heteroatoms. The number of halogens is 1. The van der Waals surface area contributed by atoms with Crippen LogP contribution in [0.1, 0.15) is 5.56 Å². The van der Waals surface area contributed by atoms with Gasteiger partial charge in [0.25, 0.3) is 5.69 Å². The van der Waals surface area contributed by atoms with Crippen LogP contribution in [0.2, 0.25) is 5.02 Å². The highest BCUT2D eigenvalue weighted by Gasteiger charge is 2.64. The monoisotopic (exact) mass is 514 g/mol. The molecule has 2 fully saturated rings. The first-order valence-corrected chi connectivity index (χ1v) is 12.0. The van der Waals surface area contributed by atoms with E-state index in [4.69, 9.17) is 11.6 Å². The van der Waals surface area contributed by atoms with Gasteiger partial charge in [0, 0.05) is 28.5 Å². The van der Waals surface area contributed by atoms with Crippen LogP contribution in [0.25, 0.3) is 6.08 Å². The van der Waals surface area contributed by atoms with Gasteiger partial charge < -0.3 is 10.2 Å². The molecule has 0 radical (unpaired) electrons. The van der Waals surface area contributed by atoms with Crippen molar-refractivity contribution in [1.29, 1.82) is 0 Å². The number of nitrogens with one attached hydrogen (secondary N) is 1. The van der Waals surface area contributed by atoms with Crippen molar-refractivity contribution in [1.82, 2.24) is 0 Å². The molecule has 37 heavy (non-hydrogen) atoms. The number of non-ortho nitro benzene ring substituents is 1. The van der Waals surface area contributed by atoms with Gasteiger partial charge in [-0.1, -0.05) is 48.0 Å². The summed E-state index contributed by atoms with van der Waals surface area (Å²) in [5.74, 6) is -3.05. The largest absolute Gasteiger partial charge is 0.351 e. The van der Waals surface area contributed by atoms with Crippen LogP contribution in [0, 0.1) is 22.0 Å². The highest BCUT2D eigenvalue weighted by atomic mass is 35.5. The predicted molar refractivity (Wildman–Crippen MR) is 138 cm³/mol. The van der Waals surface area contributed by atoms with E-state index in [0.29, 0.717) is 16.4 Å². The van der Waals surface area contributed by atoms with Gasteiger partial charge in [-0.2, -0.15) is 0 Å². The maximum Gasteiger partial charge on any atom is 0.269 e. The summed E-state index contributed by atoms with van der Waals surface area (Å²) in [4.78, 5) is 54.7. The van der Waals surface area contributed by atoms with Gasteiger partial charge in [0.05, 0.1) is 28.5 Å². The van der Waals surface area contributed by atoms with Crippen molar-refractivity contribution >= 4 is 58.1 Å². The lowest BCUT2D eigenvalue weighted by atomic mass is 9.88. The van der Waals surface area contributed by atoms with E-state index in [0.717, 1.165) is 16.2 Å². The minimum atomic E-state index is -0.989. The number of anilines is 3. The number of imide groups is 1. The number of nitro groups is 1. The van der Waals surface area contributed by atoms with Gasteiger partial charge in [-0.25, -0.2) is 4.90 Å². The summed E-state index contributed by atoms with van der Waals surface area (Å²) in [5, 5.41) is 14.2. The zero-order valence-electron chi connectivity index (χ0n) is 19.2. The number of rotatable bonds is 4. The maximum absolute atomic E-state index is 13.8. The number of amides is 3. The molecule has 0 saturated carbocycles. The molecular weight excluding hydrogens is 496 g/mol. The molecule has 0 aliphatic carbocycles. The molecule has 4 atom stereocenters. The number of carbonyl (C=O) groups excluding carboxylic acids is 3. The van der Waals surface area contributed by atoms with Gasteiger partial charge in [-0.3, -0.25) is 24.5 Å². The molecule has 3 aliphatic rings. The van der Waals surface area contributed by atoms with Crippen molar-refractivity contribution < 1.29 is 19.3 Å². The summed E-state index contributed by atoms with van der Waals surface area (Å²) in [6.07, 6.45) is 3.77. The Morgan fingerprint density at radius 3 is 2.41 bits per heavy atom. The Morgan fingerprint density at radius 1 is 0.946 bits per heavy atom. The summed E-state index contributed by atoms with van der Waals surface area (Å²) in [6, 6.07) is 17.9. The molecule has 0 aromatic heterocycles. The Labute approximate surface area is 216 Å². The lowest BCUT2D eigenvalue weighted by Gasteiger charge is -2.36. The second-order valence-corrected chi connectivity index (χ2v) is 9.53. The van der Waals surface area contributed by atoms with Gasteiger partial charge in [0.1, 0.15) is 6.04 Å². The first-order valence-electron chi connectivity index (χ1n) is 11.6. The smallest absolute Gasteiger partial charge is 0.269 e. The van der Waals surface area contributed by atoms with E-state index >= 15 is 0 Å². The van der Waals surface area contributed by atoms with Crippen molar-refractivity contribution in [2.75, 3.05) is 15.1 Å². The van der Waals surface area contributed by atoms with Gasteiger partial charge >= 0.3 is 0 Å². The molecular formula is C27H19ClN4O5. The molecule has 9 nitrogen and oxygen atoms in total. The lowest BCUT2D eigenvalue weighted by Crippen LogP contribution is -2.50. The van der Waals surface area contributed by atoms with Crippen molar-refractivity contribution in [3.63, 3.8) is 0 Å². The lowest BCUT2D eigenvalue weighted by molar-refractivity contribution is -0.384. The highest BCUT2D eigenvalue weighted by Crippen LogP contribution is 2.49. The summed E-state index contributed by atoms with van der Waals surface area (Å²) in [6.45, 7) is 0. The summed E-state index contributed by atoms with van der Waals surface area (Å²) in [7, 11) is 0. The fraction of sp³-hybridized carbons (Fsp3) is 0.148. The Hall–Kier alpha value is -4.50. The van der Waals surface area contributed by atoms with E-state index in [-0.39, 0.29) is 11.6 Å². The summed E-state index contributed by atoms with van der Waals surface area (Å²) >= 11 is 6.13. The van der Waals surface area contributed by atoms with Crippen molar-refractivity contribution in [2.45, 2.75) is 12.1 Å². The first-order chi connectivity index (χ1) is 17.8. The van der Waals surface area contributed by atoms with E-state index in [1.54, 1.807) is 24.3 Å². The standard InChI is InChI=1S/C27H19ClN4O5/c28-16-5-3-6-19(14-16)30-26(34)22-21-13-8-15-4-1-2-7-20(15)31(21)24(23(22)27(30)35)25(33)29-17-9-11-18(12-10-17)32(36)37/h1-14,21-24H,(H,29,33)/t21-,22-,23-,24+/m0/s1. The third kappa shape index (κ3) is 3.58. The summed E-state index contributed by atoms with van der Waals surface area (Å²) < 4.78 is 0. The number of benzene rings is 3. The Morgan fingerprint density at radius 2 is 1.68 bits per heavy atom. The number of nitrogens with zero attached hydrogens (tertiary/aromatic N) is 3. The van der Waals surface area contributed by atoms with Crippen molar-refractivity contribution in [2.24, 2.45) is 11.8 Å². The third-order valence-electron chi connectivity index (χ3n) is 7.10. The van der Waals surface area contributed by atoms with Gasteiger partial charge in [0.2, 0.25) is 17.7 Å². The van der Waals surface area contributed by atoms with Crippen molar-refractivity contribution in [3.8, 4) is 0 Å². The van der Waals surface area contributed by atoms with Crippen LogP contribution in [0.15, 0.2) is 78.9 Å². The van der Waals surface area contributed by atoms with E-state index in [1.807, 2.05) is 41.3 Å². The molecule has 184 valence electrons. The predicted octanol–water partition coefficient (Wildman–Crippen LogP) is 4.28. The van der Waals surface area contributed by atoms with Crippen LogP contribution < -0.4 is 15.1 Å². The van der Waals surface area contributed by atoms with Gasteiger partial charge in [0.15, 0.2) is 0 Å². The van der Waals surface area contributed by atoms with E-state index in [9.17, 15) is 24.5 Å². The number of nitro benzene ring substituents is 1. The quantitative estimate of drug-likeness (QED) is 0.316. The van der Waals surface area contributed by atoms with E-state index in [2.05, 4.69) is 5.32 Å². The maximum atomic E-state index is 13.8. The average Bonchev–Trinajstić information content (AvgIpc) is 3.37. The Kier molecular flexibility index (Phi) is 5.31. The number of fused-ring (bicyclic) bond motifs is 5. The second kappa shape index (κ2) is 8.56. The second-order valence-electron chi connectivity index (χ2n) is 9.10. The van der Waals surface area contributed by atoms with Crippen molar-refractivity contribution in [3.05, 3.63) is 99.6 Å².